The van der Waals surface area contributed by atoms with Crippen LogP contribution in [0.5, 0.6) is 5.75 Å². The Hall–Kier alpha value is -1.94. The summed E-state index contributed by atoms with van der Waals surface area (Å²) in [7, 11) is 0. The third-order valence-electron chi connectivity index (χ3n) is 2.74. The molecule has 2 aromatic rings. The molecule has 0 spiro atoms. The fraction of sp³-hybridized carbons (Fsp3) is 0.200. The monoisotopic (exact) mass is 263 g/mol. The molecule has 0 aliphatic rings. The molecule has 19 heavy (non-hydrogen) atoms. The predicted molar refractivity (Wildman–Crippen MR) is 69.9 cm³/mol. The lowest BCUT2D eigenvalue weighted by Crippen LogP contribution is -2.03. The van der Waals surface area contributed by atoms with Crippen LogP contribution in [-0.2, 0) is 13.0 Å². The first-order chi connectivity index (χ1) is 9.19. The topological polar surface area (TPSA) is 35.2 Å². The molecule has 0 bridgehead atoms. The molecular formula is C15H15F2NO. The van der Waals surface area contributed by atoms with E-state index in [0.29, 0.717) is 6.54 Å². The zero-order valence-electron chi connectivity index (χ0n) is 10.4. The van der Waals surface area contributed by atoms with Crippen LogP contribution >= 0.6 is 0 Å². The van der Waals surface area contributed by atoms with E-state index in [4.69, 9.17) is 10.5 Å². The first-order valence-electron chi connectivity index (χ1n) is 6.05. The van der Waals surface area contributed by atoms with E-state index in [1.807, 2.05) is 24.3 Å². The van der Waals surface area contributed by atoms with E-state index in [9.17, 15) is 8.78 Å². The van der Waals surface area contributed by atoms with Gasteiger partial charge in [-0.05, 0) is 36.2 Å². The van der Waals surface area contributed by atoms with Crippen LogP contribution in [0.1, 0.15) is 11.1 Å². The Morgan fingerprint density at radius 2 is 1.63 bits per heavy atom. The molecule has 0 amide bonds. The number of rotatable bonds is 5. The maximum atomic E-state index is 13.3. The van der Waals surface area contributed by atoms with Crippen LogP contribution in [-0.4, -0.2) is 6.54 Å². The summed E-state index contributed by atoms with van der Waals surface area (Å²) in [4.78, 5) is 0. The van der Waals surface area contributed by atoms with Gasteiger partial charge < -0.3 is 10.5 Å². The first-order valence-corrected chi connectivity index (χ1v) is 6.05. The van der Waals surface area contributed by atoms with Crippen LogP contribution in [0.25, 0.3) is 0 Å². The van der Waals surface area contributed by atoms with Gasteiger partial charge in [-0.3, -0.25) is 0 Å². The van der Waals surface area contributed by atoms with E-state index in [1.54, 1.807) is 0 Å². The molecule has 0 atom stereocenters. The Bertz CT molecular complexity index is 540. The van der Waals surface area contributed by atoms with Crippen molar-refractivity contribution in [1.82, 2.24) is 0 Å². The van der Waals surface area contributed by atoms with E-state index in [1.165, 1.54) is 12.1 Å². The molecule has 0 saturated heterocycles. The van der Waals surface area contributed by atoms with E-state index in [2.05, 4.69) is 0 Å². The van der Waals surface area contributed by atoms with Crippen LogP contribution < -0.4 is 10.5 Å². The molecule has 2 aromatic carbocycles. The molecule has 0 aromatic heterocycles. The van der Waals surface area contributed by atoms with Crippen molar-refractivity contribution in [1.29, 1.82) is 0 Å². The molecule has 0 heterocycles. The second-order valence-corrected chi connectivity index (χ2v) is 4.22. The average molecular weight is 263 g/mol. The molecule has 0 saturated carbocycles. The van der Waals surface area contributed by atoms with E-state index in [-0.39, 0.29) is 12.4 Å². The quantitative estimate of drug-likeness (QED) is 0.899. The summed E-state index contributed by atoms with van der Waals surface area (Å²) in [6, 6.07) is 11.0. The molecule has 100 valence electrons. The van der Waals surface area contributed by atoms with Crippen molar-refractivity contribution in [2.45, 2.75) is 13.0 Å². The van der Waals surface area contributed by atoms with Crippen molar-refractivity contribution >= 4 is 0 Å². The van der Waals surface area contributed by atoms with E-state index in [0.717, 1.165) is 23.6 Å². The second-order valence-electron chi connectivity index (χ2n) is 4.22. The minimum atomic E-state index is -0.695. The largest absolute Gasteiger partial charge is 0.486 e. The number of ether oxygens (including phenoxy) is 1. The molecule has 2 N–H and O–H groups in total. The minimum absolute atomic E-state index is 0.0486. The fourth-order valence-corrected chi connectivity index (χ4v) is 1.72. The smallest absolute Gasteiger partial charge is 0.167 e. The third kappa shape index (κ3) is 3.76. The lowest BCUT2D eigenvalue weighted by atomic mass is 10.1. The van der Waals surface area contributed by atoms with Gasteiger partial charge in [-0.2, -0.15) is 0 Å². The number of hydrogen-bond donors (Lipinski definition) is 1. The lowest BCUT2D eigenvalue weighted by molar-refractivity contribution is 0.289. The van der Waals surface area contributed by atoms with Crippen molar-refractivity contribution in [3.8, 4) is 5.75 Å². The minimum Gasteiger partial charge on any atom is -0.486 e. The van der Waals surface area contributed by atoms with Gasteiger partial charge in [0, 0.05) is 6.07 Å². The number of halogens is 2. The zero-order chi connectivity index (χ0) is 13.7. The molecule has 0 aliphatic heterocycles. The summed E-state index contributed by atoms with van der Waals surface area (Å²) in [5, 5.41) is 0. The highest BCUT2D eigenvalue weighted by Gasteiger charge is 2.05. The maximum Gasteiger partial charge on any atom is 0.167 e. The number of nitrogens with two attached hydrogens (primary N) is 1. The van der Waals surface area contributed by atoms with Gasteiger partial charge in [-0.25, -0.2) is 8.78 Å². The Labute approximate surface area is 110 Å². The summed E-state index contributed by atoms with van der Waals surface area (Å²) in [6.07, 6.45) is 0.827. The highest BCUT2D eigenvalue weighted by Crippen LogP contribution is 2.19. The van der Waals surface area contributed by atoms with Crippen molar-refractivity contribution < 1.29 is 13.5 Å². The predicted octanol–water partition coefficient (Wildman–Crippen LogP) is 3.05. The van der Waals surface area contributed by atoms with Gasteiger partial charge in [0.25, 0.3) is 0 Å². The highest BCUT2D eigenvalue weighted by molar-refractivity contribution is 5.26. The van der Waals surface area contributed by atoms with Crippen LogP contribution in [0.4, 0.5) is 8.78 Å². The Morgan fingerprint density at radius 3 is 2.26 bits per heavy atom. The van der Waals surface area contributed by atoms with Gasteiger partial charge in [0.2, 0.25) is 0 Å². The van der Waals surface area contributed by atoms with Crippen LogP contribution in [0.3, 0.4) is 0 Å². The van der Waals surface area contributed by atoms with Crippen molar-refractivity contribution in [2.75, 3.05) is 6.54 Å². The summed E-state index contributed by atoms with van der Waals surface area (Å²) in [6.45, 7) is 0.849. The van der Waals surface area contributed by atoms with E-state index >= 15 is 0 Å². The summed E-state index contributed by atoms with van der Waals surface area (Å²) in [5.41, 5.74) is 7.54. The van der Waals surface area contributed by atoms with Crippen molar-refractivity contribution in [2.24, 2.45) is 5.73 Å². The lowest BCUT2D eigenvalue weighted by Gasteiger charge is -2.08. The van der Waals surface area contributed by atoms with Crippen molar-refractivity contribution in [3.05, 3.63) is 65.2 Å². The summed E-state index contributed by atoms with van der Waals surface area (Å²) >= 11 is 0. The van der Waals surface area contributed by atoms with Gasteiger partial charge in [0.15, 0.2) is 11.6 Å². The Kier molecular flexibility index (Phi) is 4.47. The summed E-state index contributed by atoms with van der Waals surface area (Å²) in [5.74, 6) is -1.26. The SMILES string of the molecule is NCCc1ccc(COc2ccc(F)cc2F)cc1. The molecule has 2 rings (SSSR count). The summed E-state index contributed by atoms with van der Waals surface area (Å²) < 4.78 is 31.4. The molecule has 0 unspecified atom stereocenters. The highest BCUT2D eigenvalue weighted by atomic mass is 19.1. The maximum absolute atomic E-state index is 13.3. The van der Waals surface area contributed by atoms with Crippen LogP contribution in [0.2, 0.25) is 0 Å². The molecule has 0 fully saturated rings. The van der Waals surface area contributed by atoms with Crippen LogP contribution in [0.15, 0.2) is 42.5 Å². The number of benzene rings is 2. The van der Waals surface area contributed by atoms with Gasteiger partial charge in [0.1, 0.15) is 12.4 Å². The number of hydrogen-bond acceptors (Lipinski definition) is 2. The van der Waals surface area contributed by atoms with Crippen molar-refractivity contribution in [3.63, 3.8) is 0 Å². The molecule has 4 heteroatoms. The second kappa shape index (κ2) is 6.29. The van der Waals surface area contributed by atoms with E-state index < -0.39 is 11.6 Å². The molecule has 0 radical (unpaired) electrons. The fourth-order valence-electron chi connectivity index (χ4n) is 1.72. The molecular weight excluding hydrogens is 248 g/mol. The molecule has 2 nitrogen and oxygen atoms in total. The van der Waals surface area contributed by atoms with Crippen LogP contribution in [0, 0.1) is 11.6 Å². The normalized spacial score (nSPS) is 10.5. The van der Waals surface area contributed by atoms with Gasteiger partial charge >= 0.3 is 0 Å². The van der Waals surface area contributed by atoms with Gasteiger partial charge in [-0.1, -0.05) is 24.3 Å². The first kappa shape index (κ1) is 13.5. The zero-order valence-corrected chi connectivity index (χ0v) is 10.4. The van der Waals surface area contributed by atoms with Gasteiger partial charge in [0.05, 0.1) is 0 Å². The Morgan fingerprint density at radius 1 is 0.947 bits per heavy atom. The average Bonchev–Trinajstić information content (AvgIpc) is 2.40. The standard InChI is InChI=1S/C15H15F2NO/c16-13-5-6-15(14(17)9-13)19-10-12-3-1-11(2-4-12)7-8-18/h1-6,9H,7-8,10,18H2. The third-order valence-corrected chi connectivity index (χ3v) is 2.74. The Balaban J connectivity index is 1.98. The van der Waals surface area contributed by atoms with Gasteiger partial charge in [-0.15, -0.1) is 0 Å². The molecule has 0 aliphatic carbocycles.